The number of rotatable bonds is 6. The number of nitro groups is 1. The van der Waals surface area contributed by atoms with Gasteiger partial charge in [-0.3, -0.25) is 10.1 Å². The molecule has 1 heterocycles. The third-order valence-corrected chi connectivity index (χ3v) is 3.66. The van der Waals surface area contributed by atoms with Crippen LogP contribution in [0.25, 0.3) is 0 Å². The van der Waals surface area contributed by atoms with Crippen molar-refractivity contribution in [3.8, 4) is 0 Å². The molecule has 1 unspecified atom stereocenters. The van der Waals surface area contributed by atoms with E-state index in [1.165, 1.54) is 12.1 Å². The monoisotopic (exact) mass is 338 g/mol. The summed E-state index contributed by atoms with van der Waals surface area (Å²) in [5.41, 5.74) is 0.806. The average Bonchev–Trinajstić information content (AvgIpc) is 2.92. The number of non-ortho nitro benzene ring substituents is 1. The summed E-state index contributed by atoms with van der Waals surface area (Å²) in [6.07, 6.45) is 3.36. The highest BCUT2D eigenvalue weighted by Gasteiger charge is 2.11. The Morgan fingerprint density at radius 3 is 2.90 bits per heavy atom. The first kappa shape index (κ1) is 14.6. The molecule has 106 valence electrons. The number of nitrogens with one attached hydrogen (secondary N) is 1. The van der Waals surface area contributed by atoms with Crippen molar-refractivity contribution in [2.45, 2.75) is 25.8 Å². The Morgan fingerprint density at radius 1 is 1.45 bits per heavy atom. The predicted molar refractivity (Wildman–Crippen MR) is 80.9 cm³/mol. The van der Waals surface area contributed by atoms with Gasteiger partial charge in [0.2, 0.25) is 0 Å². The van der Waals surface area contributed by atoms with Crippen LogP contribution in [0, 0.1) is 10.1 Å². The van der Waals surface area contributed by atoms with E-state index < -0.39 is 4.92 Å². The Balaban J connectivity index is 1.98. The fourth-order valence-electron chi connectivity index (χ4n) is 1.89. The van der Waals surface area contributed by atoms with Gasteiger partial charge in [-0.2, -0.15) is 0 Å². The van der Waals surface area contributed by atoms with Crippen LogP contribution >= 0.6 is 15.9 Å². The van der Waals surface area contributed by atoms with Crippen LogP contribution in [0.5, 0.6) is 0 Å². The van der Waals surface area contributed by atoms with Gasteiger partial charge >= 0.3 is 0 Å². The van der Waals surface area contributed by atoms with Gasteiger partial charge in [0.1, 0.15) is 5.76 Å². The molecule has 0 amide bonds. The molecular formula is C14H15BrN2O3. The van der Waals surface area contributed by atoms with Crippen molar-refractivity contribution in [2.75, 3.05) is 5.32 Å². The lowest BCUT2D eigenvalue weighted by atomic mass is 10.1. The minimum atomic E-state index is -0.398. The first-order valence-electron chi connectivity index (χ1n) is 6.29. The molecule has 0 saturated heterocycles. The lowest BCUT2D eigenvalue weighted by Gasteiger charge is -2.15. The highest BCUT2D eigenvalue weighted by molar-refractivity contribution is 9.10. The van der Waals surface area contributed by atoms with Gasteiger partial charge in [-0.25, -0.2) is 0 Å². The lowest BCUT2D eigenvalue weighted by molar-refractivity contribution is -0.384. The SMILES string of the molecule is CC(CCc1ccco1)Nc1cc([N+](=O)[O-])ccc1Br. The topological polar surface area (TPSA) is 68.3 Å². The second-order valence-electron chi connectivity index (χ2n) is 4.58. The molecule has 1 aromatic heterocycles. The van der Waals surface area contributed by atoms with E-state index in [9.17, 15) is 10.1 Å². The number of hydrogen-bond acceptors (Lipinski definition) is 4. The van der Waals surface area contributed by atoms with Crippen LogP contribution < -0.4 is 5.32 Å². The van der Waals surface area contributed by atoms with Crippen LogP contribution in [0.1, 0.15) is 19.1 Å². The molecule has 1 N–H and O–H groups in total. The van der Waals surface area contributed by atoms with Gasteiger partial charge in [-0.1, -0.05) is 0 Å². The van der Waals surface area contributed by atoms with Crippen molar-refractivity contribution >= 4 is 27.3 Å². The van der Waals surface area contributed by atoms with Gasteiger partial charge in [0.05, 0.1) is 16.9 Å². The second-order valence-corrected chi connectivity index (χ2v) is 5.44. The predicted octanol–water partition coefficient (Wildman–Crippen LogP) is 4.38. The Labute approximate surface area is 125 Å². The van der Waals surface area contributed by atoms with Crippen LogP contribution in [0.3, 0.4) is 0 Å². The Morgan fingerprint density at radius 2 is 2.25 bits per heavy atom. The fraction of sp³-hybridized carbons (Fsp3) is 0.286. The maximum absolute atomic E-state index is 10.8. The average molecular weight is 339 g/mol. The van der Waals surface area contributed by atoms with Crippen LogP contribution in [-0.2, 0) is 6.42 Å². The molecule has 0 spiro atoms. The molecule has 0 bridgehead atoms. The van der Waals surface area contributed by atoms with Crippen molar-refractivity contribution in [3.63, 3.8) is 0 Å². The number of nitrogens with zero attached hydrogens (tertiary/aromatic N) is 1. The summed E-state index contributed by atoms with van der Waals surface area (Å²) in [6, 6.07) is 8.68. The van der Waals surface area contributed by atoms with E-state index >= 15 is 0 Å². The van der Waals surface area contributed by atoms with E-state index in [2.05, 4.69) is 21.2 Å². The summed E-state index contributed by atoms with van der Waals surface area (Å²) in [5.74, 6) is 0.941. The molecule has 20 heavy (non-hydrogen) atoms. The van der Waals surface area contributed by atoms with E-state index in [1.807, 2.05) is 19.1 Å². The summed E-state index contributed by atoms with van der Waals surface area (Å²) < 4.78 is 6.09. The molecule has 6 heteroatoms. The summed E-state index contributed by atoms with van der Waals surface area (Å²) in [7, 11) is 0. The first-order chi connectivity index (χ1) is 9.56. The maximum Gasteiger partial charge on any atom is 0.271 e. The second kappa shape index (κ2) is 6.56. The Bertz CT molecular complexity index is 584. The van der Waals surface area contributed by atoms with Gasteiger partial charge in [-0.05, 0) is 47.5 Å². The third kappa shape index (κ3) is 3.84. The summed E-state index contributed by atoms with van der Waals surface area (Å²) >= 11 is 3.39. The van der Waals surface area contributed by atoms with Crippen LogP contribution in [-0.4, -0.2) is 11.0 Å². The largest absolute Gasteiger partial charge is 0.469 e. The van der Waals surface area contributed by atoms with Gasteiger partial charge in [0, 0.05) is 29.1 Å². The van der Waals surface area contributed by atoms with Gasteiger partial charge in [0.25, 0.3) is 5.69 Å². The number of hydrogen-bond donors (Lipinski definition) is 1. The number of benzene rings is 1. The fourth-order valence-corrected chi connectivity index (χ4v) is 2.25. The van der Waals surface area contributed by atoms with E-state index in [4.69, 9.17) is 4.42 Å². The van der Waals surface area contributed by atoms with Gasteiger partial charge < -0.3 is 9.73 Å². The zero-order chi connectivity index (χ0) is 14.5. The Hall–Kier alpha value is -1.82. The lowest BCUT2D eigenvalue weighted by Crippen LogP contribution is -2.16. The summed E-state index contributed by atoms with van der Waals surface area (Å²) in [6.45, 7) is 2.04. The molecule has 0 aliphatic heterocycles. The molecule has 1 aromatic carbocycles. The standard InChI is InChI=1S/C14H15BrN2O3/c1-10(4-6-12-3-2-8-20-12)16-14-9-11(17(18)19)5-7-13(14)15/h2-3,5,7-10,16H,4,6H2,1H3. The molecule has 5 nitrogen and oxygen atoms in total. The van der Waals surface area contributed by atoms with E-state index in [-0.39, 0.29) is 11.7 Å². The highest BCUT2D eigenvalue weighted by Crippen LogP contribution is 2.28. The normalized spacial score (nSPS) is 12.1. The molecule has 0 fully saturated rings. The number of halogens is 1. The maximum atomic E-state index is 10.8. The molecule has 0 aliphatic carbocycles. The molecule has 0 saturated carbocycles. The van der Waals surface area contributed by atoms with Crippen molar-refractivity contribution in [1.82, 2.24) is 0 Å². The highest BCUT2D eigenvalue weighted by atomic mass is 79.9. The molecule has 0 radical (unpaired) electrons. The van der Waals surface area contributed by atoms with Crippen LogP contribution in [0.2, 0.25) is 0 Å². The zero-order valence-electron chi connectivity index (χ0n) is 11.0. The number of nitro benzene ring substituents is 1. The first-order valence-corrected chi connectivity index (χ1v) is 7.08. The quantitative estimate of drug-likeness (QED) is 0.626. The molecule has 2 aromatic rings. The Kier molecular flexibility index (Phi) is 4.79. The number of anilines is 1. The number of furan rings is 1. The van der Waals surface area contributed by atoms with Crippen molar-refractivity contribution in [3.05, 3.63) is 56.9 Å². The minimum Gasteiger partial charge on any atom is -0.469 e. The molecular weight excluding hydrogens is 324 g/mol. The summed E-state index contributed by atoms with van der Waals surface area (Å²) in [4.78, 5) is 10.4. The molecule has 0 aliphatic rings. The zero-order valence-corrected chi connectivity index (χ0v) is 12.6. The van der Waals surface area contributed by atoms with Crippen molar-refractivity contribution < 1.29 is 9.34 Å². The van der Waals surface area contributed by atoms with E-state index in [0.717, 1.165) is 28.8 Å². The smallest absolute Gasteiger partial charge is 0.271 e. The summed E-state index contributed by atoms with van der Waals surface area (Å²) in [5, 5.41) is 14.1. The van der Waals surface area contributed by atoms with Gasteiger partial charge in [0.15, 0.2) is 0 Å². The minimum absolute atomic E-state index is 0.0777. The van der Waals surface area contributed by atoms with Gasteiger partial charge in [-0.15, -0.1) is 0 Å². The molecule has 1 atom stereocenters. The van der Waals surface area contributed by atoms with Crippen LogP contribution in [0.4, 0.5) is 11.4 Å². The van der Waals surface area contributed by atoms with Crippen LogP contribution in [0.15, 0.2) is 45.5 Å². The van der Waals surface area contributed by atoms with E-state index in [1.54, 1.807) is 12.3 Å². The van der Waals surface area contributed by atoms with Crippen molar-refractivity contribution in [1.29, 1.82) is 0 Å². The molecule has 2 rings (SSSR count). The van der Waals surface area contributed by atoms with E-state index in [0.29, 0.717) is 0 Å². The third-order valence-electron chi connectivity index (χ3n) is 2.97. The van der Waals surface area contributed by atoms with Crippen molar-refractivity contribution in [2.24, 2.45) is 0 Å². The number of aryl methyl sites for hydroxylation is 1.